The second kappa shape index (κ2) is 8.34. The fraction of sp³-hybridized carbons (Fsp3) is 0.733. The van der Waals surface area contributed by atoms with Crippen LogP contribution in [0.4, 0.5) is 4.79 Å². The first kappa shape index (κ1) is 17.9. The second-order valence-electron chi connectivity index (χ2n) is 6.16. The monoisotopic (exact) mass is 313 g/mol. The van der Waals surface area contributed by atoms with Gasteiger partial charge in [-0.05, 0) is 12.8 Å². The summed E-state index contributed by atoms with van der Waals surface area (Å²) in [6.07, 6.45) is 2.14. The summed E-state index contributed by atoms with van der Waals surface area (Å²) in [5.41, 5.74) is 1.10. The number of urea groups is 1. The van der Waals surface area contributed by atoms with Crippen molar-refractivity contribution >= 4 is 17.4 Å². The minimum Gasteiger partial charge on any atom is -0.396 e. The molecule has 3 N–H and O–H groups in total. The molecule has 0 spiro atoms. The Morgan fingerprint density at radius 3 is 2.71 bits per heavy atom. The van der Waals surface area contributed by atoms with Crippen LogP contribution in [0.15, 0.2) is 5.38 Å². The SMILES string of the molecule is CCC(CCO)NC(=O)NCCc1csc(C(C)(C)C)n1. The molecule has 0 aliphatic rings. The molecule has 0 fully saturated rings. The van der Waals surface area contributed by atoms with Crippen LogP contribution in [-0.4, -0.2) is 35.3 Å². The molecule has 1 heterocycles. The van der Waals surface area contributed by atoms with E-state index in [2.05, 4.69) is 41.8 Å². The number of nitrogens with one attached hydrogen (secondary N) is 2. The highest BCUT2D eigenvalue weighted by Crippen LogP contribution is 2.25. The third-order valence-corrected chi connectivity index (χ3v) is 4.48. The van der Waals surface area contributed by atoms with Crippen molar-refractivity contribution in [2.45, 2.75) is 58.4 Å². The molecule has 1 aromatic rings. The van der Waals surface area contributed by atoms with Gasteiger partial charge in [-0.15, -0.1) is 11.3 Å². The number of amides is 2. The van der Waals surface area contributed by atoms with E-state index in [9.17, 15) is 4.79 Å². The predicted octanol–water partition coefficient (Wildman–Crippen LogP) is 2.44. The van der Waals surface area contributed by atoms with E-state index >= 15 is 0 Å². The smallest absolute Gasteiger partial charge is 0.315 e. The summed E-state index contributed by atoms with van der Waals surface area (Å²) >= 11 is 1.67. The number of thiazole rings is 1. The maximum Gasteiger partial charge on any atom is 0.315 e. The van der Waals surface area contributed by atoms with E-state index in [0.29, 0.717) is 13.0 Å². The normalized spacial score (nSPS) is 13.0. The van der Waals surface area contributed by atoms with Gasteiger partial charge in [0.2, 0.25) is 0 Å². The fourth-order valence-electron chi connectivity index (χ4n) is 1.84. The Hall–Kier alpha value is -1.14. The summed E-state index contributed by atoms with van der Waals surface area (Å²) in [4.78, 5) is 16.3. The quantitative estimate of drug-likeness (QED) is 0.724. The van der Waals surface area contributed by atoms with Crippen LogP contribution in [0.3, 0.4) is 0 Å². The minimum atomic E-state index is -0.179. The van der Waals surface area contributed by atoms with Gasteiger partial charge in [-0.3, -0.25) is 0 Å². The number of hydrogen-bond acceptors (Lipinski definition) is 4. The zero-order valence-electron chi connectivity index (χ0n) is 13.4. The van der Waals surface area contributed by atoms with Gasteiger partial charge in [-0.25, -0.2) is 9.78 Å². The molecule has 0 saturated carbocycles. The summed E-state index contributed by atoms with van der Waals surface area (Å²) < 4.78 is 0. The number of aromatic nitrogens is 1. The van der Waals surface area contributed by atoms with Crippen molar-refractivity contribution in [1.82, 2.24) is 15.6 Å². The Kier molecular flexibility index (Phi) is 7.11. The molecule has 5 nitrogen and oxygen atoms in total. The first-order valence-electron chi connectivity index (χ1n) is 7.47. The lowest BCUT2D eigenvalue weighted by atomic mass is 9.98. The standard InChI is InChI=1S/C15H27N3O2S/c1-5-11(7-9-19)18-14(20)16-8-6-12-10-21-13(17-12)15(2,3)4/h10-11,19H,5-9H2,1-4H3,(H2,16,18,20). The lowest BCUT2D eigenvalue weighted by Crippen LogP contribution is -2.42. The predicted molar refractivity (Wildman–Crippen MR) is 86.8 cm³/mol. The van der Waals surface area contributed by atoms with Crippen LogP contribution >= 0.6 is 11.3 Å². The number of hydrogen-bond donors (Lipinski definition) is 3. The zero-order valence-corrected chi connectivity index (χ0v) is 14.2. The maximum absolute atomic E-state index is 11.7. The number of carbonyl (C=O) groups is 1. The average molecular weight is 313 g/mol. The van der Waals surface area contributed by atoms with Crippen LogP contribution in [0.1, 0.15) is 51.2 Å². The van der Waals surface area contributed by atoms with Crippen LogP contribution in [-0.2, 0) is 11.8 Å². The van der Waals surface area contributed by atoms with Gasteiger partial charge in [-0.1, -0.05) is 27.7 Å². The average Bonchev–Trinajstić information content (AvgIpc) is 2.87. The van der Waals surface area contributed by atoms with Crippen LogP contribution in [0.25, 0.3) is 0 Å². The summed E-state index contributed by atoms with van der Waals surface area (Å²) in [5, 5.41) is 17.8. The number of aliphatic hydroxyl groups excluding tert-OH is 1. The number of aliphatic hydroxyl groups is 1. The van der Waals surface area contributed by atoms with Crippen LogP contribution in [0.2, 0.25) is 0 Å². The van der Waals surface area contributed by atoms with E-state index in [4.69, 9.17) is 5.11 Å². The largest absolute Gasteiger partial charge is 0.396 e. The summed E-state index contributed by atoms with van der Waals surface area (Å²) in [6.45, 7) is 9.08. The highest BCUT2D eigenvalue weighted by molar-refractivity contribution is 7.09. The zero-order chi connectivity index (χ0) is 15.9. The first-order chi connectivity index (χ1) is 9.86. The molecule has 2 amide bonds. The second-order valence-corrected chi connectivity index (χ2v) is 7.02. The lowest BCUT2D eigenvalue weighted by Gasteiger charge is -2.16. The molecule has 0 aliphatic heterocycles. The molecule has 120 valence electrons. The van der Waals surface area contributed by atoms with Crippen LogP contribution in [0.5, 0.6) is 0 Å². The maximum atomic E-state index is 11.7. The van der Waals surface area contributed by atoms with Gasteiger partial charge >= 0.3 is 6.03 Å². The van der Waals surface area contributed by atoms with E-state index in [0.717, 1.165) is 23.5 Å². The van der Waals surface area contributed by atoms with Crippen molar-refractivity contribution in [3.05, 3.63) is 16.1 Å². The number of nitrogens with zero attached hydrogens (tertiary/aromatic N) is 1. The minimum absolute atomic E-state index is 0.0294. The third kappa shape index (κ3) is 6.44. The van der Waals surface area contributed by atoms with Crippen molar-refractivity contribution < 1.29 is 9.90 Å². The van der Waals surface area contributed by atoms with E-state index in [-0.39, 0.29) is 24.1 Å². The topological polar surface area (TPSA) is 74.2 Å². The first-order valence-corrected chi connectivity index (χ1v) is 8.35. The molecule has 1 aromatic heterocycles. The van der Waals surface area contributed by atoms with Crippen molar-refractivity contribution in [2.75, 3.05) is 13.2 Å². The third-order valence-electron chi connectivity index (χ3n) is 3.17. The molecule has 0 radical (unpaired) electrons. The molecule has 1 atom stereocenters. The van der Waals surface area contributed by atoms with Gasteiger partial charge < -0.3 is 15.7 Å². The lowest BCUT2D eigenvalue weighted by molar-refractivity contribution is 0.228. The molecule has 1 rings (SSSR count). The highest BCUT2D eigenvalue weighted by atomic mass is 32.1. The van der Waals surface area contributed by atoms with Gasteiger partial charge in [0.1, 0.15) is 0 Å². The molecule has 0 aromatic carbocycles. The fourth-order valence-corrected chi connectivity index (χ4v) is 2.78. The van der Waals surface area contributed by atoms with Crippen molar-refractivity contribution in [3.63, 3.8) is 0 Å². The van der Waals surface area contributed by atoms with E-state index in [1.165, 1.54) is 0 Å². The Balaban J connectivity index is 2.33. The van der Waals surface area contributed by atoms with Crippen molar-refractivity contribution in [2.24, 2.45) is 0 Å². The molecule has 0 bridgehead atoms. The Morgan fingerprint density at radius 2 is 2.19 bits per heavy atom. The summed E-state index contributed by atoms with van der Waals surface area (Å²) in [5.74, 6) is 0. The molecule has 6 heteroatoms. The van der Waals surface area contributed by atoms with Crippen LogP contribution < -0.4 is 10.6 Å². The molecular formula is C15H27N3O2S. The Morgan fingerprint density at radius 1 is 1.48 bits per heavy atom. The molecule has 0 aliphatic carbocycles. The molecule has 0 saturated heterocycles. The van der Waals surface area contributed by atoms with Crippen molar-refractivity contribution in [3.8, 4) is 0 Å². The Labute approximate surface area is 131 Å². The molecular weight excluding hydrogens is 286 g/mol. The van der Waals surface area contributed by atoms with E-state index in [1.54, 1.807) is 11.3 Å². The number of rotatable bonds is 7. The van der Waals surface area contributed by atoms with Gasteiger partial charge in [0, 0.05) is 36.4 Å². The summed E-state index contributed by atoms with van der Waals surface area (Å²) in [7, 11) is 0. The van der Waals surface area contributed by atoms with Crippen molar-refractivity contribution in [1.29, 1.82) is 0 Å². The molecule has 1 unspecified atom stereocenters. The van der Waals surface area contributed by atoms with Gasteiger partial charge in [0.05, 0.1) is 10.7 Å². The summed E-state index contributed by atoms with van der Waals surface area (Å²) in [6, 6.07) is -0.150. The van der Waals surface area contributed by atoms with Gasteiger partial charge in [0.25, 0.3) is 0 Å². The van der Waals surface area contributed by atoms with Crippen LogP contribution in [0, 0.1) is 0 Å². The Bertz CT molecular complexity index is 440. The number of carbonyl (C=O) groups excluding carboxylic acids is 1. The van der Waals surface area contributed by atoms with E-state index < -0.39 is 0 Å². The molecule has 21 heavy (non-hydrogen) atoms. The van der Waals surface area contributed by atoms with Gasteiger partial charge in [-0.2, -0.15) is 0 Å². The highest BCUT2D eigenvalue weighted by Gasteiger charge is 2.17. The van der Waals surface area contributed by atoms with E-state index in [1.807, 2.05) is 6.92 Å². The van der Waals surface area contributed by atoms with Gasteiger partial charge in [0.15, 0.2) is 0 Å².